The van der Waals surface area contributed by atoms with Gasteiger partial charge in [-0.3, -0.25) is 14.6 Å². The molecule has 4 amide bonds. The molecule has 0 saturated heterocycles. The zero-order valence-electron chi connectivity index (χ0n) is 17.9. The van der Waals surface area contributed by atoms with Gasteiger partial charge in [0.25, 0.3) is 11.8 Å². The van der Waals surface area contributed by atoms with Crippen LogP contribution in [0, 0.1) is 0 Å². The van der Waals surface area contributed by atoms with Gasteiger partial charge in [0, 0.05) is 41.4 Å². The quantitative estimate of drug-likeness (QED) is 0.440. The first-order valence-corrected chi connectivity index (χ1v) is 10.4. The Labute approximate surface area is 190 Å². The number of nitrogens with zero attached hydrogens (tertiary/aromatic N) is 1. The van der Waals surface area contributed by atoms with E-state index in [1.807, 2.05) is 0 Å². The van der Waals surface area contributed by atoms with Crippen molar-refractivity contribution in [2.75, 3.05) is 23.1 Å². The molecule has 2 aromatic carbocycles. The highest BCUT2D eigenvalue weighted by Crippen LogP contribution is 2.29. The highest BCUT2D eigenvalue weighted by molar-refractivity contribution is 6.06. The molecule has 0 radical (unpaired) electrons. The van der Waals surface area contributed by atoms with Crippen molar-refractivity contribution in [2.45, 2.75) is 18.9 Å². The number of carbonyl (C=O) groups excluding carboxylic acids is 3. The van der Waals surface area contributed by atoms with Gasteiger partial charge in [-0.2, -0.15) is 0 Å². The molecule has 1 aliphatic carbocycles. The number of urea groups is 1. The summed E-state index contributed by atoms with van der Waals surface area (Å²) in [5, 5.41) is 11.1. The molecule has 3 aromatic rings. The number of aromatic nitrogens is 1. The second-order valence-electron chi connectivity index (χ2n) is 7.52. The van der Waals surface area contributed by atoms with Gasteiger partial charge in [0.05, 0.1) is 18.4 Å². The maximum atomic E-state index is 12.6. The Morgan fingerprint density at radius 2 is 1.61 bits per heavy atom. The standard InChI is InChI=1S/C24H23N5O4/c1-33-21-13-19(10-11-20(21)29-23(31)16-3-2-12-25-14-16)26-22(30)15-4-6-17(7-5-15)27-24(32)28-18-8-9-18/h2-7,10-14,18H,8-9H2,1H3,(H,26,30)(H,29,31)(H2,27,28,32). The third-order valence-electron chi connectivity index (χ3n) is 4.95. The van der Waals surface area contributed by atoms with Crippen LogP contribution in [0.1, 0.15) is 33.6 Å². The van der Waals surface area contributed by atoms with Crippen LogP contribution in [0.3, 0.4) is 0 Å². The van der Waals surface area contributed by atoms with E-state index in [4.69, 9.17) is 4.74 Å². The van der Waals surface area contributed by atoms with E-state index in [-0.39, 0.29) is 23.9 Å². The van der Waals surface area contributed by atoms with Crippen molar-refractivity contribution in [1.29, 1.82) is 0 Å². The highest BCUT2D eigenvalue weighted by atomic mass is 16.5. The lowest BCUT2D eigenvalue weighted by Gasteiger charge is -2.13. The minimum absolute atomic E-state index is 0.252. The number of rotatable bonds is 7. The first-order chi connectivity index (χ1) is 16.0. The van der Waals surface area contributed by atoms with Crippen LogP contribution in [0.25, 0.3) is 0 Å². The van der Waals surface area contributed by atoms with Crippen molar-refractivity contribution in [3.63, 3.8) is 0 Å². The molecule has 168 valence electrons. The molecule has 1 saturated carbocycles. The summed E-state index contributed by atoms with van der Waals surface area (Å²) >= 11 is 0. The molecule has 0 bridgehead atoms. The number of benzene rings is 2. The largest absolute Gasteiger partial charge is 0.494 e. The SMILES string of the molecule is COc1cc(NC(=O)c2ccc(NC(=O)NC3CC3)cc2)ccc1NC(=O)c1cccnc1. The van der Waals surface area contributed by atoms with Gasteiger partial charge in [-0.25, -0.2) is 4.79 Å². The van der Waals surface area contributed by atoms with Crippen molar-refractivity contribution in [1.82, 2.24) is 10.3 Å². The van der Waals surface area contributed by atoms with E-state index in [0.29, 0.717) is 33.9 Å². The Morgan fingerprint density at radius 3 is 2.27 bits per heavy atom. The molecule has 1 heterocycles. The maximum absolute atomic E-state index is 12.6. The molecular weight excluding hydrogens is 422 g/mol. The zero-order chi connectivity index (χ0) is 23.2. The number of pyridine rings is 1. The van der Waals surface area contributed by atoms with Crippen molar-refractivity contribution < 1.29 is 19.1 Å². The molecule has 1 fully saturated rings. The van der Waals surface area contributed by atoms with Crippen LogP contribution < -0.4 is 26.0 Å². The van der Waals surface area contributed by atoms with E-state index in [2.05, 4.69) is 26.3 Å². The fourth-order valence-corrected chi connectivity index (χ4v) is 3.05. The van der Waals surface area contributed by atoms with Gasteiger partial charge in [-0.05, 0) is 61.4 Å². The number of carbonyl (C=O) groups is 3. The van der Waals surface area contributed by atoms with Crippen LogP contribution in [0.2, 0.25) is 0 Å². The predicted octanol–water partition coefficient (Wildman–Crippen LogP) is 3.88. The number of nitrogens with one attached hydrogen (secondary N) is 4. The number of anilines is 3. The van der Waals surface area contributed by atoms with E-state index in [1.165, 1.54) is 13.3 Å². The topological polar surface area (TPSA) is 121 Å². The Morgan fingerprint density at radius 1 is 0.879 bits per heavy atom. The molecule has 0 spiro atoms. The molecule has 1 aliphatic rings. The van der Waals surface area contributed by atoms with E-state index in [0.717, 1.165) is 12.8 Å². The Hall–Kier alpha value is -4.40. The average molecular weight is 445 g/mol. The third kappa shape index (κ3) is 5.85. The van der Waals surface area contributed by atoms with Crippen LogP contribution >= 0.6 is 0 Å². The van der Waals surface area contributed by atoms with Crippen LogP contribution in [0.5, 0.6) is 5.75 Å². The number of hydrogen-bond donors (Lipinski definition) is 4. The minimum atomic E-state index is -0.322. The highest BCUT2D eigenvalue weighted by Gasteiger charge is 2.23. The molecule has 0 aliphatic heterocycles. The van der Waals surface area contributed by atoms with E-state index in [9.17, 15) is 14.4 Å². The Balaban J connectivity index is 1.38. The van der Waals surface area contributed by atoms with E-state index < -0.39 is 0 Å². The summed E-state index contributed by atoms with van der Waals surface area (Å²) < 4.78 is 5.37. The Bertz CT molecular complexity index is 1160. The first kappa shape index (κ1) is 21.8. The fraction of sp³-hybridized carbons (Fsp3) is 0.167. The lowest BCUT2D eigenvalue weighted by atomic mass is 10.1. The summed E-state index contributed by atoms with van der Waals surface area (Å²) in [5.74, 6) is -0.248. The van der Waals surface area contributed by atoms with Gasteiger partial charge in [0.2, 0.25) is 0 Å². The third-order valence-corrected chi connectivity index (χ3v) is 4.95. The van der Waals surface area contributed by atoms with Crippen molar-refractivity contribution >= 4 is 34.9 Å². The molecule has 1 aromatic heterocycles. The lowest BCUT2D eigenvalue weighted by Crippen LogP contribution is -2.30. The lowest BCUT2D eigenvalue weighted by molar-refractivity contribution is 0.101. The first-order valence-electron chi connectivity index (χ1n) is 10.4. The maximum Gasteiger partial charge on any atom is 0.319 e. The molecule has 9 heteroatoms. The zero-order valence-corrected chi connectivity index (χ0v) is 17.9. The molecule has 9 nitrogen and oxygen atoms in total. The number of amides is 4. The van der Waals surface area contributed by atoms with Crippen molar-refractivity contribution in [3.05, 3.63) is 78.1 Å². The fourth-order valence-electron chi connectivity index (χ4n) is 3.05. The summed E-state index contributed by atoms with van der Waals surface area (Å²) in [6, 6.07) is 14.9. The average Bonchev–Trinajstić information content (AvgIpc) is 3.64. The van der Waals surface area contributed by atoms with Gasteiger partial charge in [0.1, 0.15) is 5.75 Å². The molecular formula is C24H23N5O4. The minimum Gasteiger partial charge on any atom is -0.494 e. The second-order valence-corrected chi connectivity index (χ2v) is 7.52. The van der Waals surface area contributed by atoms with Gasteiger partial charge < -0.3 is 26.0 Å². The normalized spacial score (nSPS) is 12.4. The van der Waals surface area contributed by atoms with Gasteiger partial charge >= 0.3 is 6.03 Å². The van der Waals surface area contributed by atoms with E-state index >= 15 is 0 Å². The van der Waals surface area contributed by atoms with Crippen LogP contribution in [0.4, 0.5) is 21.9 Å². The summed E-state index contributed by atoms with van der Waals surface area (Å²) in [7, 11) is 1.48. The van der Waals surface area contributed by atoms with Crippen LogP contribution in [0.15, 0.2) is 67.0 Å². The summed E-state index contributed by atoms with van der Waals surface area (Å²) in [4.78, 5) is 40.7. The van der Waals surface area contributed by atoms with Crippen LogP contribution in [-0.2, 0) is 0 Å². The molecule has 33 heavy (non-hydrogen) atoms. The predicted molar refractivity (Wildman–Crippen MR) is 125 cm³/mol. The molecule has 4 N–H and O–H groups in total. The molecule has 0 unspecified atom stereocenters. The van der Waals surface area contributed by atoms with Gasteiger partial charge in [0.15, 0.2) is 0 Å². The van der Waals surface area contributed by atoms with E-state index in [1.54, 1.807) is 60.8 Å². The smallest absolute Gasteiger partial charge is 0.319 e. The van der Waals surface area contributed by atoms with Crippen molar-refractivity contribution in [2.24, 2.45) is 0 Å². The monoisotopic (exact) mass is 445 g/mol. The number of hydrogen-bond acceptors (Lipinski definition) is 5. The van der Waals surface area contributed by atoms with Crippen molar-refractivity contribution in [3.8, 4) is 5.75 Å². The second kappa shape index (κ2) is 9.82. The van der Waals surface area contributed by atoms with Gasteiger partial charge in [-0.15, -0.1) is 0 Å². The summed E-state index contributed by atoms with van der Waals surface area (Å²) in [6.07, 6.45) is 5.08. The number of ether oxygens (including phenoxy) is 1. The molecule has 4 rings (SSSR count). The number of methoxy groups -OCH3 is 1. The summed E-state index contributed by atoms with van der Waals surface area (Å²) in [6.45, 7) is 0. The molecule has 0 atom stereocenters. The van der Waals surface area contributed by atoms with Gasteiger partial charge in [-0.1, -0.05) is 0 Å². The summed E-state index contributed by atoms with van der Waals surface area (Å²) in [5.41, 5.74) is 2.41. The Kier molecular flexibility index (Phi) is 6.49. The van der Waals surface area contributed by atoms with Crippen LogP contribution in [-0.4, -0.2) is 36.0 Å².